The Kier molecular flexibility index (Phi) is 4.46. The number of nitrogen functional groups attached to an aromatic ring is 1. The standard InChI is InChI=1S/C16H24N6O2/c1-10(23)19-11-6-8-21(9-11)14-5-4-12(17)16(20-14)22-7-2-3-13(22)15(18)24/h4-5,11,13H,2-3,6-9,17H2,1H3,(H2,18,24)(H,19,23). The zero-order valence-corrected chi connectivity index (χ0v) is 13.9. The molecule has 3 heterocycles. The number of nitrogens with one attached hydrogen (secondary N) is 1. The van der Waals surface area contributed by atoms with Crippen molar-refractivity contribution in [3.63, 3.8) is 0 Å². The minimum Gasteiger partial charge on any atom is -0.396 e. The lowest BCUT2D eigenvalue weighted by atomic mass is 10.2. The number of rotatable bonds is 4. The fraction of sp³-hybridized carbons (Fsp3) is 0.562. The average Bonchev–Trinajstić information content (AvgIpc) is 3.16. The number of hydrogen-bond acceptors (Lipinski definition) is 6. The molecule has 0 saturated carbocycles. The smallest absolute Gasteiger partial charge is 0.240 e. The van der Waals surface area contributed by atoms with Crippen molar-refractivity contribution in [2.75, 3.05) is 35.2 Å². The normalized spacial score (nSPS) is 23.5. The van der Waals surface area contributed by atoms with Crippen LogP contribution in [0.25, 0.3) is 0 Å². The van der Waals surface area contributed by atoms with Crippen molar-refractivity contribution in [2.45, 2.75) is 38.3 Å². The summed E-state index contributed by atoms with van der Waals surface area (Å²) >= 11 is 0. The highest BCUT2D eigenvalue weighted by atomic mass is 16.2. The lowest BCUT2D eigenvalue weighted by Crippen LogP contribution is -2.41. The Morgan fingerprint density at radius 3 is 2.79 bits per heavy atom. The SMILES string of the molecule is CC(=O)NC1CCN(c2ccc(N)c(N3CCCC3C(N)=O)n2)C1. The van der Waals surface area contributed by atoms with Crippen molar-refractivity contribution in [3.05, 3.63) is 12.1 Å². The number of pyridine rings is 1. The van der Waals surface area contributed by atoms with E-state index in [1.165, 1.54) is 6.92 Å². The number of hydrogen-bond donors (Lipinski definition) is 3. The summed E-state index contributed by atoms with van der Waals surface area (Å²) in [7, 11) is 0. The number of nitrogens with two attached hydrogens (primary N) is 2. The quantitative estimate of drug-likeness (QED) is 0.705. The van der Waals surface area contributed by atoms with Crippen LogP contribution in [0.15, 0.2) is 12.1 Å². The molecule has 2 aliphatic rings. The first-order chi connectivity index (χ1) is 11.5. The molecule has 5 N–H and O–H groups in total. The number of primary amides is 1. The van der Waals surface area contributed by atoms with E-state index in [0.717, 1.165) is 44.7 Å². The van der Waals surface area contributed by atoms with E-state index in [1.807, 2.05) is 17.0 Å². The Hall–Kier alpha value is -2.51. The number of amides is 2. The summed E-state index contributed by atoms with van der Waals surface area (Å²) < 4.78 is 0. The average molecular weight is 332 g/mol. The first kappa shape index (κ1) is 16.4. The van der Waals surface area contributed by atoms with Crippen LogP contribution in [0, 0.1) is 0 Å². The van der Waals surface area contributed by atoms with Gasteiger partial charge in [-0.05, 0) is 31.4 Å². The Labute approximate surface area is 141 Å². The molecule has 2 atom stereocenters. The number of carbonyl (C=O) groups is 2. The van der Waals surface area contributed by atoms with E-state index >= 15 is 0 Å². The van der Waals surface area contributed by atoms with Crippen molar-refractivity contribution >= 4 is 29.1 Å². The third kappa shape index (κ3) is 3.22. The van der Waals surface area contributed by atoms with E-state index in [0.29, 0.717) is 11.5 Å². The summed E-state index contributed by atoms with van der Waals surface area (Å²) in [6.45, 7) is 3.79. The predicted octanol–water partition coefficient (Wildman–Crippen LogP) is -0.167. The molecule has 0 spiro atoms. The Morgan fingerprint density at radius 2 is 2.08 bits per heavy atom. The van der Waals surface area contributed by atoms with Crippen molar-refractivity contribution < 1.29 is 9.59 Å². The van der Waals surface area contributed by atoms with E-state index in [1.54, 1.807) is 0 Å². The molecule has 0 radical (unpaired) electrons. The highest BCUT2D eigenvalue weighted by Crippen LogP contribution is 2.31. The number of carbonyl (C=O) groups excluding carboxylic acids is 2. The molecule has 2 aliphatic heterocycles. The molecule has 1 aromatic heterocycles. The first-order valence-electron chi connectivity index (χ1n) is 8.30. The summed E-state index contributed by atoms with van der Waals surface area (Å²) in [5.74, 6) is 1.07. The number of nitrogens with zero attached hydrogens (tertiary/aromatic N) is 3. The van der Waals surface area contributed by atoms with Gasteiger partial charge in [0.25, 0.3) is 0 Å². The van der Waals surface area contributed by atoms with Gasteiger partial charge in [-0.2, -0.15) is 0 Å². The van der Waals surface area contributed by atoms with Crippen molar-refractivity contribution in [1.29, 1.82) is 0 Å². The van der Waals surface area contributed by atoms with Crippen LogP contribution in [0.2, 0.25) is 0 Å². The molecule has 2 amide bonds. The van der Waals surface area contributed by atoms with Gasteiger partial charge in [0, 0.05) is 32.6 Å². The first-order valence-corrected chi connectivity index (χ1v) is 8.30. The largest absolute Gasteiger partial charge is 0.396 e. The Balaban J connectivity index is 1.80. The van der Waals surface area contributed by atoms with E-state index in [9.17, 15) is 9.59 Å². The molecule has 8 heteroatoms. The molecule has 1 aromatic rings. The molecule has 2 unspecified atom stereocenters. The second kappa shape index (κ2) is 6.54. The highest BCUT2D eigenvalue weighted by Gasteiger charge is 2.32. The van der Waals surface area contributed by atoms with E-state index < -0.39 is 0 Å². The van der Waals surface area contributed by atoms with Crippen LogP contribution in [0.4, 0.5) is 17.3 Å². The molecule has 2 saturated heterocycles. The second-order valence-corrected chi connectivity index (χ2v) is 6.47. The molecular formula is C16H24N6O2. The Bertz CT molecular complexity index is 649. The number of aromatic nitrogens is 1. The van der Waals surface area contributed by atoms with Gasteiger partial charge in [0.1, 0.15) is 11.9 Å². The van der Waals surface area contributed by atoms with Crippen LogP contribution in [-0.4, -0.2) is 48.5 Å². The minimum atomic E-state index is -0.347. The van der Waals surface area contributed by atoms with Crippen molar-refractivity contribution in [2.24, 2.45) is 5.73 Å². The van der Waals surface area contributed by atoms with Gasteiger partial charge < -0.3 is 26.6 Å². The second-order valence-electron chi connectivity index (χ2n) is 6.47. The van der Waals surface area contributed by atoms with Crippen LogP contribution in [0.3, 0.4) is 0 Å². The van der Waals surface area contributed by atoms with Gasteiger partial charge in [0.05, 0.1) is 5.69 Å². The van der Waals surface area contributed by atoms with Gasteiger partial charge >= 0.3 is 0 Å². The molecule has 0 aliphatic carbocycles. The highest BCUT2D eigenvalue weighted by molar-refractivity contribution is 5.85. The number of anilines is 3. The lowest BCUT2D eigenvalue weighted by Gasteiger charge is -2.26. The Morgan fingerprint density at radius 1 is 1.29 bits per heavy atom. The third-order valence-corrected chi connectivity index (χ3v) is 4.66. The summed E-state index contributed by atoms with van der Waals surface area (Å²) in [6, 6.07) is 3.49. The molecular weight excluding hydrogens is 308 g/mol. The summed E-state index contributed by atoms with van der Waals surface area (Å²) in [5.41, 5.74) is 12.1. The van der Waals surface area contributed by atoms with Crippen LogP contribution in [0.1, 0.15) is 26.2 Å². The predicted molar refractivity (Wildman–Crippen MR) is 92.6 cm³/mol. The fourth-order valence-corrected chi connectivity index (χ4v) is 3.54. The van der Waals surface area contributed by atoms with Gasteiger partial charge in [-0.25, -0.2) is 4.98 Å². The maximum Gasteiger partial charge on any atom is 0.240 e. The maximum atomic E-state index is 11.6. The molecule has 24 heavy (non-hydrogen) atoms. The topological polar surface area (TPSA) is 118 Å². The maximum absolute atomic E-state index is 11.6. The third-order valence-electron chi connectivity index (χ3n) is 4.66. The fourth-order valence-electron chi connectivity index (χ4n) is 3.54. The van der Waals surface area contributed by atoms with Gasteiger partial charge in [-0.15, -0.1) is 0 Å². The molecule has 3 rings (SSSR count). The summed E-state index contributed by atoms with van der Waals surface area (Å²) in [5, 5.41) is 2.94. The summed E-state index contributed by atoms with van der Waals surface area (Å²) in [6.07, 6.45) is 2.51. The van der Waals surface area contributed by atoms with Gasteiger partial charge in [0.15, 0.2) is 5.82 Å². The lowest BCUT2D eigenvalue weighted by molar-refractivity contribution is -0.120. The van der Waals surface area contributed by atoms with Crippen LogP contribution >= 0.6 is 0 Å². The molecule has 8 nitrogen and oxygen atoms in total. The molecule has 130 valence electrons. The van der Waals surface area contributed by atoms with Crippen LogP contribution < -0.4 is 26.6 Å². The molecule has 0 aromatic carbocycles. The van der Waals surface area contributed by atoms with Crippen molar-refractivity contribution in [3.8, 4) is 0 Å². The summed E-state index contributed by atoms with van der Waals surface area (Å²) in [4.78, 5) is 31.6. The van der Waals surface area contributed by atoms with Crippen molar-refractivity contribution in [1.82, 2.24) is 10.3 Å². The van der Waals surface area contributed by atoms with Gasteiger partial charge in [0.2, 0.25) is 11.8 Å². The zero-order chi connectivity index (χ0) is 17.3. The monoisotopic (exact) mass is 332 g/mol. The van der Waals surface area contributed by atoms with Crippen LogP contribution in [0.5, 0.6) is 0 Å². The van der Waals surface area contributed by atoms with Crippen LogP contribution in [-0.2, 0) is 9.59 Å². The zero-order valence-electron chi connectivity index (χ0n) is 13.9. The van der Waals surface area contributed by atoms with Gasteiger partial charge in [-0.1, -0.05) is 0 Å². The van der Waals surface area contributed by atoms with Gasteiger partial charge in [-0.3, -0.25) is 9.59 Å². The van der Waals surface area contributed by atoms with E-state index in [4.69, 9.17) is 11.5 Å². The minimum absolute atomic E-state index is 0.0193. The molecule has 2 fully saturated rings. The molecule has 0 bridgehead atoms. The van der Waals surface area contributed by atoms with E-state index in [-0.39, 0.29) is 23.9 Å². The van der Waals surface area contributed by atoms with E-state index in [2.05, 4.69) is 15.2 Å².